The molecule has 0 saturated heterocycles. The zero-order valence-corrected chi connectivity index (χ0v) is 14.3. The number of hydrogen-bond donors (Lipinski definition) is 0. The summed E-state index contributed by atoms with van der Waals surface area (Å²) in [5, 5.41) is 6.53. The Hall–Kier alpha value is -2.01. The predicted molar refractivity (Wildman–Crippen MR) is 95.0 cm³/mol. The molecule has 0 amide bonds. The Labute approximate surface area is 140 Å². The van der Waals surface area contributed by atoms with E-state index in [2.05, 4.69) is 40.2 Å². The van der Waals surface area contributed by atoms with Crippen LogP contribution in [0.4, 0.5) is 0 Å². The Morgan fingerprint density at radius 1 is 1.09 bits per heavy atom. The number of esters is 1. The molecule has 0 bridgehead atoms. The van der Waals surface area contributed by atoms with E-state index in [9.17, 15) is 4.79 Å². The molecule has 0 aliphatic heterocycles. The van der Waals surface area contributed by atoms with Crippen molar-refractivity contribution in [1.29, 1.82) is 0 Å². The molecule has 0 aromatic heterocycles. The van der Waals surface area contributed by atoms with Crippen LogP contribution in [0.5, 0.6) is 0 Å². The molecule has 0 fully saturated rings. The highest BCUT2D eigenvalue weighted by atomic mass is 32.2. The fourth-order valence-corrected chi connectivity index (χ4v) is 3.14. The van der Waals surface area contributed by atoms with Gasteiger partial charge in [-0.05, 0) is 35.7 Å². The van der Waals surface area contributed by atoms with E-state index in [1.807, 2.05) is 12.1 Å². The molecule has 23 heavy (non-hydrogen) atoms. The summed E-state index contributed by atoms with van der Waals surface area (Å²) in [5.41, 5.74) is 0.939. The Balaban J connectivity index is 1.91. The van der Waals surface area contributed by atoms with Crippen molar-refractivity contribution >= 4 is 34.2 Å². The fraction of sp³-hybridized carbons (Fsp3) is 0.333. The minimum atomic E-state index is -0.191. The lowest BCUT2D eigenvalue weighted by molar-refractivity contribution is -0.140. The standard InChI is InChI=1S/C18H21NO3S/c1-21-18(20)9-5-8-16(19-22-2)13-23-17-11-10-14-6-3-4-7-15(14)12-17/h3-4,6-7,10-12H,5,8-9,13H2,1-2H3. The highest BCUT2D eigenvalue weighted by Crippen LogP contribution is 2.24. The maximum atomic E-state index is 11.2. The smallest absolute Gasteiger partial charge is 0.305 e. The van der Waals surface area contributed by atoms with Gasteiger partial charge < -0.3 is 9.57 Å². The van der Waals surface area contributed by atoms with E-state index >= 15 is 0 Å². The molecule has 2 aromatic carbocycles. The topological polar surface area (TPSA) is 47.9 Å². The molecule has 0 N–H and O–H groups in total. The maximum absolute atomic E-state index is 11.2. The second-order valence-electron chi connectivity index (χ2n) is 5.07. The second kappa shape index (κ2) is 9.20. The van der Waals surface area contributed by atoms with Crippen molar-refractivity contribution in [2.45, 2.75) is 24.2 Å². The van der Waals surface area contributed by atoms with Gasteiger partial charge in [-0.2, -0.15) is 0 Å². The molecule has 0 atom stereocenters. The third-order valence-electron chi connectivity index (χ3n) is 3.42. The van der Waals surface area contributed by atoms with Crippen molar-refractivity contribution in [3.05, 3.63) is 42.5 Å². The van der Waals surface area contributed by atoms with Gasteiger partial charge in [-0.15, -0.1) is 11.8 Å². The lowest BCUT2D eigenvalue weighted by atomic mass is 10.1. The summed E-state index contributed by atoms with van der Waals surface area (Å²) >= 11 is 1.72. The lowest BCUT2D eigenvalue weighted by Gasteiger charge is -2.07. The van der Waals surface area contributed by atoms with Crippen LogP contribution >= 0.6 is 11.8 Å². The van der Waals surface area contributed by atoms with Gasteiger partial charge in [0, 0.05) is 17.1 Å². The van der Waals surface area contributed by atoms with Crippen molar-refractivity contribution in [2.24, 2.45) is 5.16 Å². The lowest BCUT2D eigenvalue weighted by Crippen LogP contribution is -2.06. The van der Waals surface area contributed by atoms with Gasteiger partial charge in [0.25, 0.3) is 0 Å². The molecule has 0 aliphatic carbocycles. The minimum Gasteiger partial charge on any atom is -0.469 e. The van der Waals surface area contributed by atoms with Crippen LogP contribution in [0.2, 0.25) is 0 Å². The molecule has 122 valence electrons. The van der Waals surface area contributed by atoms with E-state index < -0.39 is 0 Å². The van der Waals surface area contributed by atoms with Gasteiger partial charge in [0.2, 0.25) is 0 Å². The maximum Gasteiger partial charge on any atom is 0.305 e. The summed E-state index contributed by atoms with van der Waals surface area (Å²) in [5.74, 6) is 0.553. The van der Waals surface area contributed by atoms with Gasteiger partial charge in [0.15, 0.2) is 0 Å². The average Bonchev–Trinajstić information content (AvgIpc) is 2.59. The third-order valence-corrected chi connectivity index (χ3v) is 4.49. The minimum absolute atomic E-state index is 0.191. The van der Waals surface area contributed by atoms with E-state index in [1.165, 1.54) is 22.8 Å². The molecular weight excluding hydrogens is 310 g/mol. The number of methoxy groups -OCH3 is 1. The fourth-order valence-electron chi connectivity index (χ4n) is 2.24. The number of oxime groups is 1. The number of rotatable bonds is 8. The zero-order chi connectivity index (χ0) is 16.5. The van der Waals surface area contributed by atoms with Crippen LogP contribution in [-0.2, 0) is 14.4 Å². The van der Waals surface area contributed by atoms with Gasteiger partial charge in [-0.1, -0.05) is 35.5 Å². The van der Waals surface area contributed by atoms with Crippen LogP contribution in [0.25, 0.3) is 10.8 Å². The number of thioether (sulfide) groups is 1. The Kier molecular flexibility index (Phi) is 6.94. The Bertz CT molecular complexity index is 685. The summed E-state index contributed by atoms with van der Waals surface area (Å²) in [6.07, 6.45) is 1.84. The summed E-state index contributed by atoms with van der Waals surface area (Å²) in [6, 6.07) is 14.7. The van der Waals surface area contributed by atoms with Crippen LogP contribution in [0.3, 0.4) is 0 Å². The Morgan fingerprint density at radius 2 is 1.87 bits per heavy atom. The summed E-state index contributed by atoms with van der Waals surface area (Å²) < 4.78 is 4.65. The van der Waals surface area contributed by atoms with Crippen LogP contribution in [0, 0.1) is 0 Å². The molecule has 0 aliphatic rings. The van der Waals surface area contributed by atoms with Crippen LogP contribution in [-0.4, -0.2) is 31.7 Å². The number of nitrogens with zero attached hydrogens (tertiary/aromatic N) is 1. The van der Waals surface area contributed by atoms with Crippen LogP contribution in [0.1, 0.15) is 19.3 Å². The first-order valence-electron chi connectivity index (χ1n) is 7.50. The molecule has 0 saturated carbocycles. The number of carbonyl (C=O) groups excluding carboxylic acids is 1. The monoisotopic (exact) mass is 331 g/mol. The SMILES string of the molecule is CON=C(CCCC(=O)OC)CSc1ccc2ccccc2c1. The van der Waals surface area contributed by atoms with Gasteiger partial charge >= 0.3 is 5.97 Å². The summed E-state index contributed by atoms with van der Waals surface area (Å²) in [7, 11) is 2.95. The molecule has 5 heteroatoms. The number of benzene rings is 2. The number of carbonyl (C=O) groups is 1. The van der Waals surface area contributed by atoms with Crippen molar-refractivity contribution in [2.75, 3.05) is 20.0 Å². The highest BCUT2D eigenvalue weighted by molar-refractivity contribution is 8.00. The quantitative estimate of drug-likeness (QED) is 0.313. The van der Waals surface area contributed by atoms with Gasteiger partial charge in [0.05, 0.1) is 12.8 Å². The first-order chi connectivity index (χ1) is 11.2. The van der Waals surface area contributed by atoms with E-state index in [0.717, 1.165) is 17.9 Å². The van der Waals surface area contributed by atoms with Crippen molar-refractivity contribution in [1.82, 2.24) is 0 Å². The first kappa shape index (κ1) is 17.3. The van der Waals surface area contributed by atoms with E-state index in [-0.39, 0.29) is 5.97 Å². The number of ether oxygens (including phenoxy) is 1. The Morgan fingerprint density at radius 3 is 2.61 bits per heavy atom. The van der Waals surface area contributed by atoms with E-state index in [0.29, 0.717) is 12.8 Å². The van der Waals surface area contributed by atoms with Gasteiger partial charge in [-0.25, -0.2) is 0 Å². The largest absolute Gasteiger partial charge is 0.469 e. The van der Waals surface area contributed by atoms with Crippen molar-refractivity contribution in [3.8, 4) is 0 Å². The second-order valence-corrected chi connectivity index (χ2v) is 6.12. The molecule has 0 radical (unpaired) electrons. The van der Waals surface area contributed by atoms with E-state index in [4.69, 9.17) is 4.84 Å². The molecule has 4 nitrogen and oxygen atoms in total. The highest BCUT2D eigenvalue weighted by Gasteiger charge is 2.06. The number of fused-ring (bicyclic) bond motifs is 1. The van der Waals surface area contributed by atoms with Gasteiger partial charge in [-0.3, -0.25) is 4.79 Å². The molecule has 0 heterocycles. The first-order valence-corrected chi connectivity index (χ1v) is 8.49. The van der Waals surface area contributed by atoms with Crippen LogP contribution < -0.4 is 0 Å². The molecule has 2 aromatic rings. The van der Waals surface area contributed by atoms with Gasteiger partial charge in [0.1, 0.15) is 7.11 Å². The number of hydrogen-bond acceptors (Lipinski definition) is 5. The zero-order valence-electron chi connectivity index (χ0n) is 13.5. The average molecular weight is 331 g/mol. The summed E-state index contributed by atoms with van der Waals surface area (Å²) in [4.78, 5) is 17.3. The van der Waals surface area contributed by atoms with Crippen LogP contribution in [0.15, 0.2) is 52.5 Å². The van der Waals surface area contributed by atoms with Crippen molar-refractivity contribution < 1.29 is 14.4 Å². The molecule has 0 spiro atoms. The summed E-state index contributed by atoms with van der Waals surface area (Å²) in [6.45, 7) is 0. The molecule has 2 rings (SSSR count). The third kappa shape index (κ3) is 5.60. The normalized spacial score (nSPS) is 11.5. The van der Waals surface area contributed by atoms with Crippen molar-refractivity contribution in [3.63, 3.8) is 0 Å². The molecule has 0 unspecified atom stereocenters. The predicted octanol–water partition coefficient (Wildman–Crippen LogP) is 4.28. The van der Waals surface area contributed by atoms with E-state index in [1.54, 1.807) is 18.9 Å². The molecular formula is C18H21NO3S.